The third-order valence-corrected chi connectivity index (χ3v) is 3.64. The summed E-state index contributed by atoms with van der Waals surface area (Å²) in [6.07, 6.45) is -0.603. The molecule has 0 aromatic heterocycles. The molecule has 2 atom stereocenters. The first-order valence-corrected chi connectivity index (χ1v) is 6.89. The van der Waals surface area contributed by atoms with Crippen LogP contribution in [-0.4, -0.2) is 41.1 Å². The fourth-order valence-corrected chi connectivity index (χ4v) is 2.79. The molecule has 0 saturated heterocycles. The van der Waals surface area contributed by atoms with Crippen molar-refractivity contribution < 1.29 is 14.7 Å². The number of nitrogens with zero attached hydrogens (tertiary/aromatic N) is 1. The van der Waals surface area contributed by atoms with Gasteiger partial charge in [-0.2, -0.15) is 0 Å². The number of hydrogen-bond donors (Lipinski definition) is 3. The van der Waals surface area contributed by atoms with Crippen LogP contribution in [0.1, 0.15) is 18.5 Å². The van der Waals surface area contributed by atoms with Gasteiger partial charge in [0, 0.05) is 6.54 Å². The van der Waals surface area contributed by atoms with Crippen molar-refractivity contribution in [2.24, 2.45) is 0 Å². The molecule has 1 aromatic rings. The van der Waals surface area contributed by atoms with Gasteiger partial charge in [-0.25, -0.2) is 4.79 Å². The summed E-state index contributed by atoms with van der Waals surface area (Å²) >= 11 is 0. The van der Waals surface area contributed by atoms with E-state index in [1.54, 1.807) is 11.8 Å². The molecule has 2 heterocycles. The zero-order valence-corrected chi connectivity index (χ0v) is 11.7. The summed E-state index contributed by atoms with van der Waals surface area (Å²) in [4.78, 5) is 25.9. The lowest BCUT2D eigenvalue weighted by atomic mass is 9.96. The van der Waals surface area contributed by atoms with E-state index in [0.717, 1.165) is 5.56 Å². The van der Waals surface area contributed by atoms with Crippen LogP contribution in [0.15, 0.2) is 41.6 Å². The second kappa shape index (κ2) is 5.21. The average molecular weight is 287 g/mol. The first-order valence-electron chi connectivity index (χ1n) is 6.89. The van der Waals surface area contributed by atoms with Crippen molar-refractivity contribution in [3.05, 3.63) is 47.2 Å². The quantitative estimate of drug-likeness (QED) is 0.758. The van der Waals surface area contributed by atoms with Gasteiger partial charge in [-0.1, -0.05) is 30.3 Å². The fourth-order valence-electron chi connectivity index (χ4n) is 2.79. The monoisotopic (exact) mass is 287 g/mol. The first kappa shape index (κ1) is 13.6. The molecule has 3 amide bonds. The maximum atomic E-state index is 12.5. The van der Waals surface area contributed by atoms with Crippen LogP contribution >= 0.6 is 0 Å². The van der Waals surface area contributed by atoms with Crippen molar-refractivity contribution >= 4 is 11.9 Å². The highest BCUT2D eigenvalue weighted by Crippen LogP contribution is 2.32. The maximum absolute atomic E-state index is 12.5. The number of carbonyl (C=O) groups is 2. The third-order valence-electron chi connectivity index (χ3n) is 3.64. The van der Waals surface area contributed by atoms with E-state index in [1.165, 1.54) is 0 Å². The summed E-state index contributed by atoms with van der Waals surface area (Å²) in [7, 11) is 0. The van der Waals surface area contributed by atoms with E-state index in [4.69, 9.17) is 0 Å². The fraction of sp³-hybridized carbons (Fsp3) is 0.333. The van der Waals surface area contributed by atoms with Gasteiger partial charge in [0.15, 0.2) is 0 Å². The highest BCUT2D eigenvalue weighted by atomic mass is 16.3. The summed E-state index contributed by atoms with van der Waals surface area (Å²) in [5, 5.41) is 15.0. The third kappa shape index (κ3) is 2.50. The number of aliphatic hydroxyl groups excluding tert-OH is 1. The Kier molecular flexibility index (Phi) is 3.39. The highest BCUT2D eigenvalue weighted by molar-refractivity contribution is 6.01. The van der Waals surface area contributed by atoms with Gasteiger partial charge in [0.25, 0.3) is 5.91 Å². The lowest BCUT2D eigenvalue weighted by molar-refractivity contribution is -0.126. The van der Waals surface area contributed by atoms with E-state index in [-0.39, 0.29) is 18.5 Å². The van der Waals surface area contributed by atoms with E-state index in [9.17, 15) is 14.7 Å². The summed E-state index contributed by atoms with van der Waals surface area (Å²) in [5.41, 5.74) is 2.05. The van der Waals surface area contributed by atoms with Gasteiger partial charge in [-0.05, 0) is 12.5 Å². The molecule has 0 spiro atoms. The summed E-state index contributed by atoms with van der Waals surface area (Å²) in [6, 6.07) is 8.64. The molecule has 21 heavy (non-hydrogen) atoms. The van der Waals surface area contributed by atoms with Crippen LogP contribution in [0.25, 0.3) is 0 Å². The molecule has 0 unspecified atom stereocenters. The van der Waals surface area contributed by atoms with E-state index >= 15 is 0 Å². The van der Waals surface area contributed by atoms with Crippen LogP contribution in [0.5, 0.6) is 0 Å². The van der Waals surface area contributed by atoms with Crippen LogP contribution in [-0.2, 0) is 4.79 Å². The highest BCUT2D eigenvalue weighted by Gasteiger charge is 2.40. The van der Waals surface area contributed by atoms with E-state index in [2.05, 4.69) is 10.6 Å². The molecular formula is C15H17N3O3. The molecule has 2 aliphatic rings. The second-order valence-electron chi connectivity index (χ2n) is 5.37. The van der Waals surface area contributed by atoms with Gasteiger partial charge in [0.1, 0.15) is 0 Å². The minimum atomic E-state index is -0.603. The standard InChI is InChI=1S/C15H17N3O3/c1-9(19)7-18-8-11-12(14(18)20)13(17-15(21)16-11)10-5-3-2-4-6-10/h2-6,9,13,19H,7-8H2,1H3,(H2,16,17,21)/t9-,13+/m1/s1. The van der Waals surface area contributed by atoms with E-state index < -0.39 is 12.1 Å². The topological polar surface area (TPSA) is 81.7 Å². The Bertz CT molecular complexity index is 610. The van der Waals surface area contributed by atoms with Crippen LogP contribution in [0.2, 0.25) is 0 Å². The molecular weight excluding hydrogens is 270 g/mol. The molecule has 1 aromatic carbocycles. The lowest BCUT2D eigenvalue weighted by Crippen LogP contribution is -2.44. The maximum Gasteiger partial charge on any atom is 0.319 e. The minimum Gasteiger partial charge on any atom is -0.392 e. The largest absolute Gasteiger partial charge is 0.392 e. The van der Waals surface area contributed by atoms with Gasteiger partial charge in [-0.3, -0.25) is 4.79 Å². The van der Waals surface area contributed by atoms with Crippen LogP contribution in [0, 0.1) is 0 Å². The SMILES string of the molecule is C[C@@H](O)CN1CC2=C(C1=O)[C@H](c1ccccc1)NC(=O)N2. The number of amides is 3. The van der Waals surface area contributed by atoms with Gasteiger partial charge < -0.3 is 20.6 Å². The van der Waals surface area contributed by atoms with Crippen molar-refractivity contribution in [1.82, 2.24) is 15.5 Å². The van der Waals surface area contributed by atoms with Gasteiger partial charge in [-0.15, -0.1) is 0 Å². The number of nitrogens with one attached hydrogen (secondary N) is 2. The van der Waals surface area contributed by atoms with Gasteiger partial charge >= 0.3 is 6.03 Å². The smallest absolute Gasteiger partial charge is 0.319 e. The van der Waals surface area contributed by atoms with Crippen LogP contribution in [0.3, 0.4) is 0 Å². The van der Waals surface area contributed by atoms with Crippen molar-refractivity contribution in [2.75, 3.05) is 13.1 Å². The molecule has 3 N–H and O–H groups in total. The number of aliphatic hydroxyl groups is 1. The number of hydrogen-bond acceptors (Lipinski definition) is 3. The number of rotatable bonds is 3. The van der Waals surface area contributed by atoms with E-state index in [1.807, 2.05) is 30.3 Å². The van der Waals surface area contributed by atoms with Gasteiger partial charge in [0.2, 0.25) is 0 Å². The van der Waals surface area contributed by atoms with Crippen molar-refractivity contribution in [3.8, 4) is 0 Å². The Morgan fingerprint density at radius 2 is 2.05 bits per heavy atom. The zero-order valence-electron chi connectivity index (χ0n) is 11.7. The average Bonchev–Trinajstić information content (AvgIpc) is 2.74. The molecule has 0 fully saturated rings. The normalized spacial score (nSPS) is 22.8. The van der Waals surface area contributed by atoms with Gasteiger partial charge in [0.05, 0.1) is 30.0 Å². The lowest BCUT2D eigenvalue weighted by Gasteiger charge is -2.25. The number of β-amino-alcohol motifs (C(OH)–C–C–N with tert-alkyl or cyclic N) is 1. The van der Waals surface area contributed by atoms with E-state index in [0.29, 0.717) is 17.8 Å². The van der Waals surface area contributed by atoms with Crippen molar-refractivity contribution in [2.45, 2.75) is 19.1 Å². The minimum absolute atomic E-state index is 0.146. The van der Waals surface area contributed by atoms with Crippen LogP contribution in [0.4, 0.5) is 4.79 Å². The molecule has 6 nitrogen and oxygen atoms in total. The Hall–Kier alpha value is -2.34. The molecule has 0 aliphatic carbocycles. The van der Waals surface area contributed by atoms with Crippen molar-refractivity contribution in [3.63, 3.8) is 0 Å². The Balaban J connectivity index is 1.94. The molecule has 110 valence electrons. The first-order chi connectivity index (χ1) is 10.1. The Morgan fingerprint density at radius 1 is 1.33 bits per heavy atom. The molecule has 6 heteroatoms. The number of benzene rings is 1. The van der Waals surface area contributed by atoms with Crippen LogP contribution < -0.4 is 10.6 Å². The predicted octanol–water partition coefficient (Wildman–Crippen LogP) is 0.518. The molecule has 0 radical (unpaired) electrons. The Labute approximate surface area is 122 Å². The molecule has 0 saturated carbocycles. The summed E-state index contributed by atoms with van der Waals surface area (Å²) in [6.45, 7) is 2.22. The zero-order chi connectivity index (χ0) is 15.0. The molecule has 3 rings (SSSR count). The number of urea groups is 1. The molecule has 2 aliphatic heterocycles. The summed E-state index contributed by atoms with van der Waals surface area (Å²) in [5.74, 6) is -0.146. The Morgan fingerprint density at radius 3 is 2.71 bits per heavy atom. The van der Waals surface area contributed by atoms with Crippen molar-refractivity contribution in [1.29, 1.82) is 0 Å². The molecule has 0 bridgehead atoms. The number of carbonyl (C=O) groups excluding carboxylic acids is 2. The second-order valence-corrected chi connectivity index (χ2v) is 5.37. The predicted molar refractivity (Wildman–Crippen MR) is 76.1 cm³/mol. The summed E-state index contributed by atoms with van der Waals surface area (Å²) < 4.78 is 0.